The monoisotopic (exact) mass is 279 g/mol. The van der Waals surface area contributed by atoms with Gasteiger partial charge in [-0.15, -0.1) is 0 Å². The lowest BCUT2D eigenvalue weighted by atomic mass is 10.1. The van der Waals surface area contributed by atoms with E-state index in [-0.39, 0.29) is 6.61 Å². The van der Waals surface area contributed by atoms with Crippen LogP contribution in [0.15, 0.2) is 12.3 Å². The number of hydrogen-bond acceptors (Lipinski definition) is 4. The van der Waals surface area contributed by atoms with E-state index in [9.17, 15) is 0 Å². The van der Waals surface area contributed by atoms with Crippen molar-refractivity contribution < 1.29 is 5.11 Å². The van der Waals surface area contributed by atoms with Crippen molar-refractivity contribution in [3.8, 4) is 0 Å². The predicted molar refractivity (Wildman–Crippen MR) is 55.4 cm³/mol. The van der Waals surface area contributed by atoms with Crippen molar-refractivity contribution in [1.82, 2.24) is 4.98 Å². The van der Waals surface area contributed by atoms with Gasteiger partial charge in [0.2, 0.25) is 0 Å². The van der Waals surface area contributed by atoms with E-state index < -0.39 is 6.04 Å². The van der Waals surface area contributed by atoms with E-state index in [1.54, 1.807) is 6.20 Å². The first-order valence-electron chi connectivity index (χ1n) is 3.42. The molecule has 0 aliphatic rings. The van der Waals surface area contributed by atoms with Gasteiger partial charge in [0.15, 0.2) is 0 Å². The van der Waals surface area contributed by atoms with Gasteiger partial charge in [-0.1, -0.05) is 0 Å². The summed E-state index contributed by atoms with van der Waals surface area (Å²) in [4.78, 5) is 3.93. The van der Waals surface area contributed by atoms with Crippen LogP contribution in [0.2, 0.25) is 0 Å². The van der Waals surface area contributed by atoms with E-state index in [2.05, 4.69) is 27.6 Å². The van der Waals surface area contributed by atoms with Crippen molar-refractivity contribution in [2.75, 3.05) is 12.3 Å². The number of nitrogen functional groups attached to an aromatic ring is 1. The highest BCUT2D eigenvalue weighted by Crippen LogP contribution is 2.18. The quantitative estimate of drug-likeness (QED) is 0.678. The Balaban J connectivity index is 3.04. The van der Waals surface area contributed by atoms with Crippen molar-refractivity contribution >= 4 is 28.4 Å². The highest BCUT2D eigenvalue weighted by molar-refractivity contribution is 14.1. The van der Waals surface area contributed by atoms with Gasteiger partial charge in [0.25, 0.3) is 0 Å². The number of nitrogens with zero attached hydrogens (tertiary/aromatic N) is 1. The van der Waals surface area contributed by atoms with Crippen LogP contribution in [-0.2, 0) is 0 Å². The van der Waals surface area contributed by atoms with Gasteiger partial charge in [-0.25, -0.2) is 4.98 Å². The Morgan fingerprint density at radius 3 is 2.92 bits per heavy atom. The van der Waals surface area contributed by atoms with E-state index in [1.807, 2.05) is 6.07 Å². The molecule has 1 heterocycles. The zero-order chi connectivity index (χ0) is 9.14. The van der Waals surface area contributed by atoms with Crippen LogP contribution in [0.3, 0.4) is 0 Å². The first-order chi connectivity index (χ1) is 5.65. The molecule has 0 fully saturated rings. The van der Waals surface area contributed by atoms with Crippen LogP contribution in [0.25, 0.3) is 0 Å². The van der Waals surface area contributed by atoms with Crippen molar-refractivity contribution in [3.05, 3.63) is 21.4 Å². The number of aliphatic hydroxyl groups is 1. The number of rotatable bonds is 2. The molecule has 0 spiro atoms. The summed E-state index contributed by atoms with van der Waals surface area (Å²) in [7, 11) is 0. The maximum absolute atomic E-state index is 8.79. The molecule has 0 bridgehead atoms. The molecule has 1 rings (SSSR count). The summed E-state index contributed by atoms with van der Waals surface area (Å²) in [6.07, 6.45) is 1.66. The first-order valence-corrected chi connectivity index (χ1v) is 4.50. The molecular formula is C7H10IN3O. The highest BCUT2D eigenvalue weighted by atomic mass is 127. The van der Waals surface area contributed by atoms with Crippen LogP contribution in [0.1, 0.15) is 11.6 Å². The number of aromatic nitrogens is 1. The second-order valence-corrected chi connectivity index (χ2v) is 3.66. The van der Waals surface area contributed by atoms with Crippen LogP contribution in [0.5, 0.6) is 0 Å². The average molecular weight is 279 g/mol. The molecule has 1 atom stereocenters. The first kappa shape index (κ1) is 9.69. The molecule has 12 heavy (non-hydrogen) atoms. The molecule has 4 nitrogen and oxygen atoms in total. The number of hydrogen-bond donors (Lipinski definition) is 3. The summed E-state index contributed by atoms with van der Waals surface area (Å²) in [5, 5.41) is 8.79. The van der Waals surface area contributed by atoms with Crippen molar-refractivity contribution in [2.24, 2.45) is 5.73 Å². The van der Waals surface area contributed by atoms with E-state index in [0.29, 0.717) is 11.4 Å². The van der Waals surface area contributed by atoms with Gasteiger partial charge >= 0.3 is 0 Å². The molecule has 0 aromatic carbocycles. The minimum atomic E-state index is -0.438. The summed E-state index contributed by atoms with van der Waals surface area (Å²) in [6, 6.07) is 1.39. The zero-order valence-corrected chi connectivity index (χ0v) is 8.52. The fourth-order valence-electron chi connectivity index (χ4n) is 0.861. The Morgan fingerprint density at radius 1 is 1.67 bits per heavy atom. The van der Waals surface area contributed by atoms with Gasteiger partial charge in [0.1, 0.15) is 5.82 Å². The Morgan fingerprint density at radius 2 is 2.33 bits per heavy atom. The molecule has 0 saturated heterocycles. The number of anilines is 1. The minimum absolute atomic E-state index is 0.119. The Labute approximate surface area is 84.1 Å². The maximum Gasteiger partial charge on any atom is 0.128 e. The molecule has 1 aromatic rings. The van der Waals surface area contributed by atoms with Gasteiger partial charge in [-0.05, 0) is 28.7 Å². The molecule has 0 radical (unpaired) electrons. The van der Waals surface area contributed by atoms with Crippen LogP contribution in [0, 0.1) is 3.57 Å². The molecule has 66 valence electrons. The third kappa shape index (κ3) is 2.05. The fourth-order valence-corrected chi connectivity index (χ4v) is 1.34. The molecule has 0 aliphatic heterocycles. The summed E-state index contributed by atoms with van der Waals surface area (Å²) >= 11 is 2.12. The highest BCUT2D eigenvalue weighted by Gasteiger charge is 2.09. The normalized spacial score (nSPS) is 12.9. The van der Waals surface area contributed by atoms with E-state index in [1.165, 1.54) is 0 Å². The molecule has 0 amide bonds. The summed E-state index contributed by atoms with van der Waals surface area (Å²) < 4.78 is 0.959. The average Bonchev–Trinajstić information content (AvgIpc) is 2.08. The number of nitrogens with two attached hydrogens (primary N) is 2. The molecule has 0 aliphatic carbocycles. The SMILES string of the molecule is Nc1ncc(I)cc1[C@H](N)CO. The Bertz CT molecular complexity index is 279. The molecule has 5 heteroatoms. The molecule has 0 saturated carbocycles. The lowest BCUT2D eigenvalue weighted by Crippen LogP contribution is -2.17. The zero-order valence-electron chi connectivity index (χ0n) is 6.37. The lowest BCUT2D eigenvalue weighted by molar-refractivity contribution is 0.268. The van der Waals surface area contributed by atoms with Gasteiger partial charge in [-0.2, -0.15) is 0 Å². The maximum atomic E-state index is 8.79. The van der Waals surface area contributed by atoms with Crippen LogP contribution >= 0.6 is 22.6 Å². The number of pyridine rings is 1. The predicted octanol–water partition coefficient (Wildman–Crippen LogP) is 0.261. The number of aliphatic hydroxyl groups excluding tert-OH is 1. The van der Waals surface area contributed by atoms with Gasteiger partial charge in [0, 0.05) is 15.3 Å². The largest absolute Gasteiger partial charge is 0.394 e. The van der Waals surface area contributed by atoms with Gasteiger partial charge in [0.05, 0.1) is 12.6 Å². The second-order valence-electron chi connectivity index (χ2n) is 2.42. The molecular weight excluding hydrogens is 269 g/mol. The lowest BCUT2D eigenvalue weighted by Gasteiger charge is -2.10. The summed E-state index contributed by atoms with van der Waals surface area (Å²) in [5.41, 5.74) is 11.8. The van der Waals surface area contributed by atoms with Crippen LogP contribution < -0.4 is 11.5 Å². The minimum Gasteiger partial charge on any atom is -0.394 e. The molecule has 5 N–H and O–H groups in total. The standard InChI is InChI=1S/C7H10IN3O/c8-4-1-5(6(9)3-12)7(10)11-2-4/h1-2,6,12H,3,9H2,(H2,10,11)/t6-/m1/s1. The third-order valence-electron chi connectivity index (χ3n) is 1.51. The van der Waals surface area contributed by atoms with Gasteiger partial charge < -0.3 is 16.6 Å². The smallest absolute Gasteiger partial charge is 0.128 e. The number of halogens is 1. The van der Waals surface area contributed by atoms with Gasteiger partial charge in [-0.3, -0.25) is 0 Å². The third-order valence-corrected chi connectivity index (χ3v) is 2.10. The van der Waals surface area contributed by atoms with Crippen molar-refractivity contribution in [1.29, 1.82) is 0 Å². The van der Waals surface area contributed by atoms with E-state index in [0.717, 1.165) is 3.57 Å². The summed E-state index contributed by atoms with van der Waals surface area (Å²) in [5.74, 6) is 0.386. The van der Waals surface area contributed by atoms with Crippen molar-refractivity contribution in [2.45, 2.75) is 6.04 Å². The van der Waals surface area contributed by atoms with E-state index >= 15 is 0 Å². The second kappa shape index (κ2) is 4.01. The van der Waals surface area contributed by atoms with E-state index in [4.69, 9.17) is 16.6 Å². The summed E-state index contributed by atoms with van der Waals surface area (Å²) in [6.45, 7) is -0.119. The molecule has 0 unspecified atom stereocenters. The van der Waals surface area contributed by atoms with Crippen molar-refractivity contribution in [3.63, 3.8) is 0 Å². The Hall–Kier alpha value is -0.400. The Kier molecular flexibility index (Phi) is 3.24. The fraction of sp³-hybridized carbons (Fsp3) is 0.286. The van der Waals surface area contributed by atoms with Crippen LogP contribution in [-0.4, -0.2) is 16.7 Å². The molecule has 1 aromatic heterocycles. The van der Waals surface area contributed by atoms with Crippen LogP contribution in [0.4, 0.5) is 5.82 Å². The topological polar surface area (TPSA) is 85.2 Å².